The number of hydrogen-bond acceptors (Lipinski definition) is 3. The second-order valence-corrected chi connectivity index (χ2v) is 8.38. The Morgan fingerprint density at radius 1 is 1.14 bits per heavy atom. The van der Waals surface area contributed by atoms with Gasteiger partial charge >= 0.3 is 0 Å². The fourth-order valence-corrected chi connectivity index (χ4v) is 4.29. The van der Waals surface area contributed by atoms with Crippen molar-refractivity contribution < 1.29 is 4.79 Å². The molecule has 2 aliphatic heterocycles. The maximum Gasteiger partial charge on any atom is 0.222 e. The lowest BCUT2D eigenvalue weighted by Crippen LogP contribution is -2.44. The van der Waals surface area contributed by atoms with E-state index >= 15 is 0 Å². The molecule has 1 aromatic rings. The smallest absolute Gasteiger partial charge is 0.222 e. The number of aliphatic imine (C=N–C) groups is 1. The van der Waals surface area contributed by atoms with Crippen molar-refractivity contribution in [3.8, 4) is 0 Å². The average molecular weight is 400 g/mol. The largest absolute Gasteiger partial charge is 0.352 e. The fraction of sp³-hybridized carbons (Fsp3) is 0.652. The minimum atomic E-state index is 0.233. The molecule has 29 heavy (non-hydrogen) atoms. The average Bonchev–Trinajstić information content (AvgIpc) is 3.21. The first kappa shape index (κ1) is 21.6. The number of nitrogens with one attached hydrogen (secondary N) is 2. The van der Waals surface area contributed by atoms with Gasteiger partial charge in [0.05, 0.1) is 0 Å². The first-order chi connectivity index (χ1) is 14.1. The molecule has 0 bridgehead atoms. The minimum Gasteiger partial charge on any atom is -0.352 e. The molecule has 2 heterocycles. The number of piperidine rings is 1. The van der Waals surface area contributed by atoms with E-state index in [4.69, 9.17) is 0 Å². The number of hydrogen-bond donors (Lipinski definition) is 2. The second kappa shape index (κ2) is 10.6. The summed E-state index contributed by atoms with van der Waals surface area (Å²) in [5, 5.41) is 6.86. The molecule has 1 amide bonds. The fourth-order valence-electron chi connectivity index (χ4n) is 4.29. The van der Waals surface area contributed by atoms with Crippen molar-refractivity contribution >= 4 is 11.9 Å². The molecule has 2 atom stereocenters. The predicted molar refractivity (Wildman–Crippen MR) is 119 cm³/mol. The summed E-state index contributed by atoms with van der Waals surface area (Å²) in [6.45, 7) is 8.86. The van der Waals surface area contributed by atoms with Gasteiger partial charge in [-0.05, 0) is 43.9 Å². The number of nitrogens with zero attached hydrogens (tertiary/aromatic N) is 3. The van der Waals surface area contributed by atoms with Gasteiger partial charge < -0.3 is 15.5 Å². The van der Waals surface area contributed by atoms with E-state index in [0.29, 0.717) is 12.5 Å². The number of carbonyl (C=O) groups excluding carboxylic acids is 1. The zero-order chi connectivity index (χ0) is 20.6. The second-order valence-electron chi connectivity index (χ2n) is 8.38. The zero-order valence-corrected chi connectivity index (χ0v) is 18.3. The molecule has 0 saturated carbocycles. The highest BCUT2D eigenvalue weighted by Crippen LogP contribution is 2.19. The molecule has 1 aromatic carbocycles. The highest BCUT2D eigenvalue weighted by Gasteiger charge is 2.25. The predicted octanol–water partition coefficient (Wildman–Crippen LogP) is 2.74. The summed E-state index contributed by atoms with van der Waals surface area (Å²) in [7, 11) is 1.79. The molecule has 6 heteroatoms. The molecule has 0 radical (unpaired) electrons. The Morgan fingerprint density at radius 3 is 2.59 bits per heavy atom. The summed E-state index contributed by atoms with van der Waals surface area (Å²) in [5.74, 6) is 1.03. The summed E-state index contributed by atoms with van der Waals surface area (Å²) < 4.78 is 0. The maximum atomic E-state index is 11.8. The summed E-state index contributed by atoms with van der Waals surface area (Å²) in [6, 6.07) is 9.88. The van der Waals surface area contributed by atoms with Gasteiger partial charge in [-0.2, -0.15) is 0 Å². The van der Waals surface area contributed by atoms with Crippen molar-refractivity contribution in [1.82, 2.24) is 20.4 Å². The van der Waals surface area contributed by atoms with Crippen LogP contribution in [-0.4, -0.2) is 60.4 Å². The van der Waals surface area contributed by atoms with Crippen LogP contribution in [-0.2, 0) is 17.9 Å². The summed E-state index contributed by atoms with van der Waals surface area (Å²) in [6.07, 6.45) is 5.55. The van der Waals surface area contributed by atoms with Gasteiger partial charge in [-0.1, -0.05) is 37.6 Å². The molecule has 2 unspecified atom stereocenters. The van der Waals surface area contributed by atoms with Gasteiger partial charge in [0.15, 0.2) is 5.96 Å². The SMILES string of the molecule is CCC(=O)N1CCC(NC(=NC)NCc2ccc(CN3CCCCC3C)cc2)C1. The number of benzene rings is 1. The Hall–Kier alpha value is -2.08. The normalized spacial score (nSPS) is 23.3. The topological polar surface area (TPSA) is 60.0 Å². The van der Waals surface area contributed by atoms with E-state index in [1.165, 1.54) is 36.9 Å². The van der Waals surface area contributed by atoms with E-state index in [0.717, 1.165) is 38.6 Å². The third kappa shape index (κ3) is 6.20. The van der Waals surface area contributed by atoms with E-state index < -0.39 is 0 Å². The van der Waals surface area contributed by atoms with Crippen molar-refractivity contribution in [2.24, 2.45) is 4.99 Å². The van der Waals surface area contributed by atoms with E-state index in [2.05, 4.69) is 51.7 Å². The van der Waals surface area contributed by atoms with Gasteiger partial charge in [-0.3, -0.25) is 14.7 Å². The van der Waals surface area contributed by atoms with E-state index in [1.54, 1.807) is 7.05 Å². The van der Waals surface area contributed by atoms with Crippen molar-refractivity contribution in [2.45, 2.75) is 71.1 Å². The molecule has 3 rings (SSSR count). The molecule has 0 aromatic heterocycles. The highest BCUT2D eigenvalue weighted by atomic mass is 16.2. The van der Waals surface area contributed by atoms with Gasteiger partial charge in [-0.15, -0.1) is 0 Å². The first-order valence-electron chi connectivity index (χ1n) is 11.2. The van der Waals surface area contributed by atoms with Crippen LogP contribution in [0.25, 0.3) is 0 Å². The van der Waals surface area contributed by atoms with Gasteiger partial charge in [-0.25, -0.2) is 0 Å². The minimum absolute atomic E-state index is 0.233. The van der Waals surface area contributed by atoms with Gasteiger partial charge in [0.1, 0.15) is 0 Å². The van der Waals surface area contributed by atoms with Crippen LogP contribution in [0.3, 0.4) is 0 Å². The van der Waals surface area contributed by atoms with E-state index in [-0.39, 0.29) is 11.9 Å². The molecular formula is C23H37N5O. The van der Waals surface area contributed by atoms with Crippen molar-refractivity contribution in [2.75, 3.05) is 26.7 Å². The maximum absolute atomic E-state index is 11.8. The first-order valence-corrected chi connectivity index (χ1v) is 11.2. The Labute approximate surface area is 175 Å². The molecule has 2 aliphatic rings. The summed E-state index contributed by atoms with van der Waals surface area (Å²) in [5.41, 5.74) is 2.63. The lowest BCUT2D eigenvalue weighted by molar-refractivity contribution is -0.129. The lowest BCUT2D eigenvalue weighted by Gasteiger charge is -2.33. The molecule has 6 nitrogen and oxygen atoms in total. The van der Waals surface area contributed by atoms with Crippen LogP contribution in [0.15, 0.2) is 29.3 Å². The number of rotatable bonds is 6. The molecule has 0 aliphatic carbocycles. The van der Waals surface area contributed by atoms with Crippen LogP contribution in [0.1, 0.15) is 57.1 Å². The standard InChI is InChI=1S/C23H37N5O/c1-4-22(29)28-14-12-21(17-28)26-23(24-3)25-15-19-8-10-20(11-9-19)16-27-13-6-5-7-18(27)2/h8-11,18,21H,4-7,12-17H2,1-3H3,(H2,24,25,26). The van der Waals surface area contributed by atoms with E-state index in [9.17, 15) is 4.79 Å². The van der Waals surface area contributed by atoms with Crippen molar-refractivity contribution in [1.29, 1.82) is 0 Å². The van der Waals surface area contributed by atoms with Crippen LogP contribution in [0.2, 0.25) is 0 Å². The van der Waals surface area contributed by atoms with Crippen LogP contribution >= 0.6 is 0 Å². The molecule has 0 spiro atoms. The molecule has 2 N–H and O–H groups in total. The lowest BCUT2D eigenvalue weighted by atomic mass is 10.0. The van der Waals surface area contributed by atoms with Crippen LogP contribution < -0.4 is 10.6 Å². The third-order valence-corrected chi connectivity index (χ3v) is 6.22. The summed E-state index contributed by atoms with van der Waals surface area (Å²) in [4.78, 5) is 20.7. The van der Waals surface area contributed by atoms with Crippen LogP contribution in [0.5, 0.6) is 0 Å². The summed E-state index contributed by atoms with van der Waals surface area (Å²) >= 11 is 0. The van der Waals surface area contributed by atoms with Crippen molar-refractivity contribution in [3.05, 3.63) is 35.4 Å². The third-order valence-electron chi connectivity index (χ3n) is 6.22. The molecule has 2 saturated heterocycles. The number of amides is 1. The zero-order valence-electron chi connectivity index (χ0n) is 18.3. The monoisotopic (exact) mass is 399 g/mol. The number of carbonyl (C=O) groups is 1. The highest BCUT2D eigenvalue weighted by molar-refractivity contribution is 5.80. The molecule has 160 valence electrons. The Kier molecular flexibility index (Phi) is 7.92. The quantitative estimate of drug-likeness (QED) is 0.570. The van der Waals surface area contributed by atoms with Gasteiger partial charge in [0.25, 0.3) is 0 Å². The molecule has 2 fully saturated rings. The Balaban J connectivity index is 1.44. The van der Waals surface area contributed by atoms with Gasteiger partial charge in [0.2, 0.25) is 5.91 Å². The Bertz CT molecular complexity index is 687. The molecular weight excluding hydrogens is 362 g/mol. The van der Waals surface area contributed by atoms with Gasteiger partial charge in [0, 0.05) is 51.7 Å². The number of guanidine groups is 1. The number of likely N-dealkylation sites (tertiary alicyclic amines) is 2. The van der Waals surface area contributed by atoms with E-state index in [1.807, 2.05) is 11.8 Å². The Morgan fingerprint density at radius 2 is 1.90 bits per heavy atom. The van der Waals surface area contributed by atoms with Crippen LogP contribution in [0.4, 0.5) is 0 Å². The van der Waals surface area contributed by atoms with Crippen molar-refractivity contribution in [3.63, 3.8) is 0 Å². The van der Waals surface area contributed by atoms with Crippen LogP contribution in [0, 0.1) is 0 Å².